The molecule has 1 amide bonds. The second kappa shape index (κ2) is 13.4. The van der Waals surface area contributed by atoms with Gasteiger partial charge in [-0.3, -0.25) is 9.79 Å². The van der Waals surface area contributed by atoms with Gasteiger partial charge in [-0.05, 0) is 48.1 Å². The van der Waals surface area contributed by atoms with Crippen LogP contribution in [0.15, 0.2) is 53.5 Å². The first-order valence-corrected chi connectivity index (χ1v) is 11.5. The Morgan fingerprint density at radius 1 is 1.09 bits per heavy atom. The van der Waals surface area contributed by atoms with Crippen molar-refractivity contribution in [2.24, 2.45) is 10.9 Å². The lowest BCUT2D eigenvalue weighted by Crippen LogP contribution is -2.38. The third kappa shape index (κ3) is 8.21. The summed E-state index contributed by atoms with van der Waals surface area (Å²) >= 11 is 0. The molecule has 0 aromatic heterocycles. The highest BCUT2D eigenvalue weighted by Gasteiger charge is 2.21. The van der Waals surface area contributed by atoms with Gasteiger partial charge in [0, 0.05) is 33.1 Å². The van der Waals surface area contributed by atoms with Crippen molar-refractivity contribution in [3.8, 4) is 5.75 Å². The van der Waals surface area contributed by atoms with E-state index in [0.717, 1.165) is 36.8 Å². The zero-order valence-electron chi connectivity index (χ0n) is 20.1. The molecule has 0 radical (unpaired) electrons. The molecule has 1 fully saturated rings. The SMILES string of the molecule is CN=C(NCc1ccccc1CN1CCCC1=O)NC(C)c1ccc(OCC(C)C)cc1.I. The Balaban J connectivity index is 0.00000385. The third-order valence-corrected chi connectivity index (χ3v) is 5.64. The van der Waals surface area contributed by atoms with E-state index in [9.17, 15) is 4.79 Å². The lowest BCUT2D eigenvalue weighted by molar-refractivity contribution is -0.128. The van der Waals surface area contributed by atoms with Crippen molar-refractivity contribution in [1.29, 1.82) is 0 Å². The second-order valence-electron chi connectivity index (χ2n) is 8.75. The summed E-state index contributed by atoms with van der Waals surface area (Å²) in [6, 6.07) is 16.6. The summed E-state index contributed by atoms with van der Waals surface area (Å²) in [4.78, 5) is 18.4. The van der Waals surface area contributed by atoms with Crippen LogP contribution in [0, 0.1) is 5.92 Å². The molecule has 0 spiro atoms. The van der Waals surface area contributed by atoms with Crippen molar-refractivity contribution in [1.82, 2.24) is 15.5 Å². The first-order valence-electron chi connectivity index (χ1n) is 11.5. The molecule has 2 N–H and O–H groups in total. The molecule has 6 nitrogen and oxygen atoms in total. The number of ether oxygens (including phenoxy) is 1. The van der Waals surface area contributed by atoms with E-state index in [1.807, 2.05) is 29.2 Å². The van der Waals surface area contributed by atoms with Gasteiger partial charge in [0.1, 0.15) is 5.75 Å². The lowest BCUT2D eigenvalue weighted by atomic mass is 10.1. The molecule has 2 aromatic rings. The third-order valence-electron chi connectivity index (χ3n) is 5.64. The summed E-state index contributed by atoms with van der Waals surface area (Å²) < 4.78 is 5.78. The van der Waals surface area contributed by atoms with Gasteiger partial charge >= 0.3 is 0 Å². The molecule has 3 rings (SSSR count). The Morgan fingerprint density at radius 2 is 1.79 bits per heavy atom. The molecule has 1 atom stereocenters. The van der Waals surface area contributed by atoms with Gasteiger partial charge in [0.25, 0.3) is 0 Å². The normalized spacial score (nSPS) is 14.8. The number of amides is 1. The van der Waals surface area contributed by atoms with Gasteiger partial charge in [0.15, 0.2) is 5.96 Å². The topological polar surface area (TPSA) is 66.0 Å². The highest BCUT2D eigenvalue weighted by Crippen LogP contribution is 2.19. The molecule has 7 heteroatoms. The Morgan fingerprint density at radius 3 is 2.39 bits per heavy atom. The van der Waals surface area contributed by atoms with E-state index in [4.69, 9.17) is 4.74 Å². The number of nitrogens with one attached hydrogen (secondary N) is 2. The van der Waals surface area contributed by atoms with Crippen molar-refractivity contribution in [2.75, 3.05) is 20.2 Å². The maximum atomic E-state index is 12.0. The van der Waals surface area contributed by atoms with Crippen LogP contribution in [0.25, 0.3) is 0 Å². The van der Waals surface area contributed by atoms with Crippen LogP contribution in [0.4, 0.5) is 0 Å². The highest BCUT2D eigenvalue weighted by atomic mass is 127. The molecule has 180 valence electrons. The van der Waals surface area contributed by atoms with E-state index >= 15 is 0 Å². The Kier molecular flexibility index (Phi) is 11.0. The van der Waals surface area contributed by atoms with Gasteiger partial charge < -0.3 is 20.3 Å². The number of hydrogen-bond donors (Lipinski definition) is 2. The minimum Gasteiger partial charge on any atom is -0.493 e. The number of hydrogen-bond acceptors (Lipinski definition) is 3. The molecule has 0 saturated carbocycles. The van der Waals surface area contributed by atoms with E-state index < -0.39 is 0 Å². The number of guanidine groups is 1. The minimum atomic E-state index is 0. The van der Waals surface area contributed by atoms with Gasteiger partial charge in [-0.25, -0.2) is 0 Å². The summed E-state index contributed by atoms with van der Waals surface area (Å²) in [5.74, 6) is 2.39. The number of halogens is 1. The van der Waals surface area contributed by atoms with Gasteiger partial charge in [0.2, 0.25) is 5.91 Å². The van der Waals surface area contributed by atoms with Crippen molar-refractivity contribution < 1.29 is 9.53 Å². The Bertz CT molecular complexity index is 915. The summed E-state index contributed by atoms with van der Waals surface area (Å²) in [6.07, 6.45) is 1.62. The van der Waals surface area contributed by atoms with E-state index in [0.29, 0.717) is 25.4 Å². The van der Waals surface area contributed by atoms with Crippen LogP contribution >= 0.6 is 24.0 Å². The maximum absolute atomic E-state index is 12.0. The lowest BCUT2D eigenvalue weighted by Gasteiger charge is -2.21. The van der Waals surface area contributed by atoms with Gasteiger partial charge in [-0.2, -0.15) is 0 Å². The average Bonchev–Trinajstić information content (AvgIpc) is 3.20. The number of aliphatic imine (C=N–C) groups is 1. The fourth-order valence-corrected chi connectivity index (χ4v) is 3.74. The number of carbonyl (C=O) groups excluding carboxylic acids is 1. The van der Waals surface area contributed by atoms with Gasteiger partial charge in [-0.1, -0.05) is 50.2 Å². The van der Waals surface area contributed by atoms with Gasteiger partial charge in [0.05, 0.1) is 12.6 Å². The molecule has 1 saturated heterocycles. The van der Waals surface area contributed by atoms with E-state index in [-0.39, 0.29) is 35.9 Å². The van der Waals surface area contributed by atoms with E-state index in [2.05, 4.69) is 60.7 Å². The number of likely N-dealkylation sites (tertiary alicyclic amines) is 1. The fraction of sp³-hybridized carbons (Fsp3) is 0.462. The molecule has 1 aliphatic heterocycles. The summed E-state index contributed by atoms with van der Waals surface area (Å²) in [5.41, 5.74) is 3.52. The molecular weight excluding hydrogens is 527 g/mol. The van der Waals surface area contributed by atoms with Crippen molar-refractivity contribution >= 4 is 35.8 Å². The number of carbonyl (C=O) groups is 1. The summed E-state index contributed by atoms with van der Waals surface area (Å²) in [7, 11) is 1.78. The minimum absolute atomic E-state index is 0. The first-order chi connectivity index (χ1) is 15.5. The molecule has 1 aliphatic rings. The summed E-state index contributed by atoms with van der Waals surface area (Å²) in [6.45, 7) is 9.28. The standard InChI is InChI=1S/C26H36N4O2.HI/c1-19(2)18-32-24-13-11-21(12-14-24)20(3)29-26(27-4)28-16-22-8-5-6-9-23(22)17-30-15-7-10-25(30)31;/h5-6,8-9,11-14,19-20H,7,10,15-18H2,1-4H3,(H2,27,28,29);1H. The molecule has 1 heterocycles. The van der Waals surface area contributed by atoms with Crippen LogP contribution in [-0.4, -0.2) is 37.0 Å². The van der Waals surface area contributed by atoms with Gasteiger partial charge in [-0.15, -0.1) is 24.0 Å². The van der Waals surface area contributed by atoms with E-state index in [1.165, 1.54) is 11.1 Å². The summed E-state index contributed by atoms with van der Waals surface area (Å²) in [5, 5.41) is 6.87. The van der Waals surface area contributed by atoms with Crippen LogP contribution in [0.3, 0.4) is 0 Å². The molecule has 33 heavy (non-hydrogen) atoms. The molecule has 0 aliphatic carbocycles. The predicted molar refractivity (Wildman–Crippen MR) is 145 cm³/mol. The van der Waals surface area contributed by atoms with Crippen LogP contribution in [-0.2, 0) is 17.9 Å². The highest BCUT2D eigenvalue weighted by molar-refractivity contribution is 14.0. The van der Waals surface area contributed by atoms with Crippen LogP contribution in [0.5, 0.6) is 5.75 Å². The monoisotopic (exact) mass is 564 g/mol. The van der Waals surface area contributed by atoms with Crippen LogP contribution in [0.2, 0.25) is 0 Å². The average molecular weight is 565 g/mol. The number of rotatable bonds is 9. The van der Waals surface area contributed by atoms with Crippen molar-refractivity contribution in [3.05, 3.63) is 65.2 Å². The Labute approximate surface area is 215 Å². The zero-order valence-corrected chi connectivity index (χ0v) is 22.5. The largest absolute Gasteiger partial charge is 0.493 e. The Hall–Kier alpha value is -2.29. The zero-order chi connectivity index (χ0) is 22.9. The van der Waals surface area contributed by atoms with Crippen molar-refractivity contribution in [3.63, 3.8) is 0 Å². The quantitative estimate of drug-likeness (QED) is 0.259. The van der Waals surface area contributed by atoms with Crippen LogP contribution in [0.1, 0.15) is 56.3 Å². The smallest absolute Gasteiger partial charge is 0.222 e. The molecule has 0 bridgehead atoms. The maximum Gasteiger partial charge on any atom is 0.222 e. The fourth-order valence-electron chi connectivity index (χ4n) is 3.74. The molecule has 1 unspecified atom stereocenters. The number of nitrogens with zero attached hydrogens (tertiary/aromatic N) is 2. The second-order valence-corrected chi connectivity index (χ2v) is 8.75. The van der Waals surface area contributed by atoms with Crippen LogP contribution < -0.4 is 15.4 Å². The van der Waals surface area contributed by atoms with E-state index in [1.54, 1.807) is 7.05 Å². The molecule has 2 aromatic carbocycles. The predicted octanol–water partition coefficient (Wildman–Crippen LogP) is 4.89. The first kappa shape index (κ1) is 27.0. The van der Waals surface area contributed by atoms with Crippen molar-refractivity contribution in [2.45, 2.75) is 52.7 Å². The molecular formula is C26H37IN4O2. The number of benzene rings is 2.